The number of rotatable bonds is 7. The van der Waals surface area contributed by atoms with Crippen LogP contribution in [0.15, 0.2) is 49.0 Å². The molecule has 6 heteroatoms. The lowest BCUT2D eigenvalue weighted by Crippen LogP contribution is -2.26. The van der Waals surface area contributed by atoms with Gasteiger partial charge in [0.15, 0.2) is 0 Å². The molecule has 1 atom stereocenters. The number of benzene rings is 1. The molecule has 132 valence electrons. The molecule has 0 spiro atoms. The first-order valence-electron chi connectivity index (χ1n) is 8.49. The molecule has 3 rings (SSSR count). The molecule has 0 unspecified atom stereocenters. The van der Waals surface area contributed by atoms with E-state index >= 15 is 0 Å². The molecule has 0 saturated carbocycles. The first-order valence-corrected chi connectivity index (χ1v) is 8.49. The van der Waals surface area contributed by atoms with Crippen LogP contribution < -0.4 is 10.1 Å². The quantitative estimate of drug-likeness (QED) is 0.755. The van der Waals surface area contributed by atoms with Crippen molar-refractivity contribution < 1.29 is 9.84 Å². The minimum Gasteiger partial charge on any atom is -0.516 e. The van der Waals surface area contributed by atoms with Crippen molar-refractivity contribution in [3.05, 3.63) is 60.3 Å². The number of allylic oxidation sites excluding steroid dienone is 1. The topological polar surface area (TPSA) is 70.5 Å². The normalized spacial score (nSPS) is 17.9. The van der Waals surface area contributed by atoms with Gasteiger partial charge in [-0.05, 0) is 30.2 Å². The molecule has 1 aliphatic heterocycles. The van der Waals surface area contributed by atoms with Crippen LogP contribution in [0, 0.1) is 0 Å². The number of ether oxygens (including phenoxy) is 1. The van der Waals surface area contributed by atoms with Crippen molar-refractivity contribution in [3.63, 3.8) is 0 Å². The fraction of sp³-hybridized carbons (Fsp3) is 0.368. The molecule has 2 heterocycles. The standard InChI is InChI=1S/C19H24N4O2/c1-25-18-6-2-4-15(10-18)13-23-8-7-17(14-23)22-19-12-20-16(11-21-19)5-3-9-24/h2-4,6,9-12,17,24H,5,7-8,13-14H2,1H3,(H,21,22)/t17-/m1/s1. The second-order valence-corrected chi connectivity index (χ2v) is 6.20. The van der Waals surface area contributed by atoms with Crippen molar-refractivity contribution in [3.8, 4) is 5.75 Å². The van der Waals surface area contributed by atoms with Crippen molar-refractivity contribution >= 4 is 5.82 Å². The smallest absolute Gasteiger partial charge is 0.144 e. The molecule has 25 heavy (non-hydrogen) atoms. The SMILES string of the molecule is COc1cccc(CN2CC[C@@H](Nc3cnc(CC=CO)cn3)C2)c1. The summed E-state index contributed by atoms with van der Waals surface area (Å²) in [5, 5.41) is 12.1. The number of anilines is 1. The fourth-order valence-corrected chi connectivity index (χ4v) is 3.04. The number of aliphatic hydroxyl groups is 1. The van der Waals surface area contributed by atoms with E-state index in [1.165, 1.54) is 5.56 Å². The highest BCUT2D eigenvalue weighted by Crippen LogP contribution is 2.19. The predicted octanol–water partition coefficient (Wildman–Crippen LogP) is 2.79. The van der Waals surface area contributed by atoms with Gasteiger partial charge < -0.3 is 15.2 Å². The van der Waals surface area contributed by atoms with E-state index in [0.29, 0.717) is 12.5 Å². The van der Waals surface area contributed by atoms with Gasteiger partial charge >= 0.3 is 0 Å². The number of aliphatic hydroxyl groups excluding tert-OH is 1. The third kappa shape index (κ3) is 4.93. The Balaban J connectivity index is 1.50. The molecule has 0 bridgehead atoms. The highest BCUT2D eigenvalue weighted by Gasteiger charge is 2.22. The number of likely N-dealkylation sites (tertiary alicyclic amines) is 1. The van der Waals surface area contributed by atoms with Crippen LogP contribution in [0.5, 0.6) is 5.75 Å². The summed E-state index contributed by atoms with van der Waals surface area (Å²) in [7, 11) is 1.70. The lowest BCUT2D eigenvalue weighted by atomic mass is 10.2. The van der Waals surface area contributed by atoms with Crippen molar-refractivity contribution in [1.29, 1.82) is 0 Å². The fourth-order valence-electron chi connectivity index (χ4n) is 3.04. The van der Waals surface area contributed by atoms with Crippen LogP contribution in [-0.2, 0) is 13.0 Å². The highest BCUT2D eigenvalue weighted by molar-refractivity contribution is 5.33. The molecule has 0 radical (unpaired) electrons. The average Bonchev–Trinajstić information content (AvgIpc) is 3.08. The molecule has 2 N–H and O–H groups in total. The second kappa shape index (κ2) is 8.48. The first-order chi connectivity index (χ1) is 12.3. The van der Waals surface area contributed by atoms with E-state index in [1.807, 2.05) is 12.1 Å². The summed E-state index contributed by atoms with van der Waals surface area (Å²) in [5.41, 5.74) is 2.10. The van der Waals surface area contributed by atoms with Crippen LogP contribution in [0.4, 0.5) is 5.82 Å². The lowest BCUT2D eigenvalue weighted by molar-refractivity contribution is 0.327. The molecular formula is C19H24N4O2. The molecule has 1 fully saturated rings. The average molecular weight is 340 g/mol. The van der Waals surface area contributed by atoms with Gasteiger partial charge in [0.2, 0.25) is 0 Å². The van der Waals surface area contributed by atoms with Crippen molar-refractivity contribution in [2.75, 3.05) is 25.5 Å². The Morgan fingerprint density at radius 2 is 2.28 bits per heavy atom. The van der Waals surface area contributed by atoms with Crippen LogP contribution in [0.1, 0.15) is 17.7 Å². The van der Waals surface area contributed by atoms with Crippen LogP contribution in [-0.4, -0.2) is 46.2 Å². The van der Waals surface area contributed by atoms with E-state index in [1.54, 1.807) is 25.6 Å². The highest BCUT2D eigenvalue weighted by atomic mass is 16.5. The summed E-state index contributed by atoms with van der Waals surface area (Å²) < 4.78 is 5.29. The molecule has 1 aromatic carbocycles. The van der Waals surface area contributed by atoms with Gasteiger partial charge in [-0.1, -0.05) is 12.1 Å². The summed E-state index contributed by atoms with van der Waals surface area (Å²) in [5.74, 6) is 1.70. The second-order valence-electron chi connectivity index (χ2n) is 6.20. The number of methoxy groups -OCH3 is 1. The molecule has 0 amide bonds. The van der Waals surface area contributed by atoms with Gasteiger partial charge in [-0.2, -0.15) is 0 Å². The molecule has 2 aromatic rings. The number of nitrogens with zero attached hydrogens (tertiary/aromatic N) is 3. The Bertz CT molecular complexity index is 703. The van der Waals surface area contributed by atoms with E-state index in [4.69, 9.17) is 9.84 Å². The predicted molar refractivity (Wildman–Crippen MR) is 97.8 cm³/mol. The Labute approximate surface area is 148 Å². The number of aromatic nitrogens is 2. The maximum Gasteiger partial charge on any atom is 0.144 e. The molecular weight excluding hydrogens is 316 g/mol. The van der Waals surface area contributed by atoms with Crippen LogP contribution in [0.2, 0.25) is 0 Å². The summed E-state index contributed by atoms with van der Waals surface area (Å²) in [6, 6.07) is 8.60. The van der Waals surface area contributed by atoms with E-state index in [0.717, 1.165) is 49.6 Å². The maximum absolute atomic E-state index is 8.68. The van der Waals surface area contributed by atoms with Crippen molar-refractivity contribution in [2.45, 2.75) is 25.4 Å². The minimum atomic E-state index is 0.378. The largest absolute Gasteiger partial charge is 0.516 e. The van der Waals surface area contributed by atoms with Crippen molar-refractivity contribution in [2.24, 2.45) is 0 Å². The van der Waals surface area contributed by atoms with E-state index < -0.39 is 0 Å². The van der Waals surface area contributed by atoms with Gasteiger partial charge in [0.25, 0.3) is 0 Å². The molecule has 1 saturated heterocycles. The maximum atomic E-state index is 8.68. The number of hydrogen-bond donors (Lipinski definition) is 2. The number of hydrogen-bond acceptors (Lipinski definition) is 6. The van der Waals surface area contributed by atoms with Crippen molar-refractivity contribution in [1.82, 2.24) is 14.9 Å². The minimum absolute atomic E-state index is 0.378. The van der Waals surface area contributed by atoms with E-state index in [9.17, 15) is 0 Å². The van der Waals surface area contributed by atoms with Crippen LogP contribution >= 0.6 is 0 Å². The lowest BCUT2D eigenvalue weighted by Gasteiger charge is -2.17. The zero-order valence-corrected chi connectivity index (χ0v) is 14.4. The zero-order valence-electron chi connectivity index (χ0n) is 14.4. The van der Waals surface area contributed by atoms with Gasteiger partial charge in [0.1, 0.15) is 11.6 Å². The Morgan fingerprint density at radius 3 is 3.04 bits per heavy atom. The number of nitrogens with one attached hydrogen (secondary N) is 1. The zero-order chi connectivity index (χ0) is 17.5. The summed E-state index contributed by atoms with van der Waals surface area (Å²) >= 11 is 0. The monoisotopic (exact) mass is 340 g/mol. The molecule has 6 nitrogen and oxygen atoms in total. The molecule has 1 aromatic heterocycles. The van der Waals surface area contributed by atoms with Gasteiger partial charge in [-0.3, -0.25) is 9.88 Å². The summed E-state index contributed by atoms with van der Waals surface area (Å²) in [6.07, 6.45) is 7.84. The van der Waals surface area contributed by atoms with Gasteiger partial charge in [0.05, 0.1) is 31.5 Å². The summed E-state index contributed by atoms with van der Waals surface area (Å²) in [6.45, 7) is 2.96. The molecule has 0 aliphatic carbocycles. The van der Waals surface area contributed by atoms with Crippen LogP contribution in [0.25, 0.3) is 0 Å². The van der Waals surface area contributed by atoms with E-state index in [2.05, 4.69) is 32.3 Å². The Hall–Kier alpha value is -2.60. The van der Waals surface area contributed by atoms with Gasteiger partial charge in [-0.25, -0.2) is 4.98 Å². The van der Waals surface area contributed by atoms with Crippen LogP contribution in [0.3, 0.4) is 0 Å². The summed E-state index contributed by atoms with van der Waals surface area (Å²) in [4.78, 5) is 11.2. The Kier molecular flexibility index (Phi) is 5.85. The Morgan fingerprint density at radius 1 is 1.36 bits per heavy atom. The third-order valence-corrected chi connectivity index (χ3v) is 4.30. The molecule has 1 aliphatic rings. The van der Waals surface area contributed by atoms with Gasteiger partial charge in [0, 0.05) is 32.1 Å². The van der Waals surface area contributed by atoms with E-state index in [-0.39, 0.29) is 0 Å². The van der Waals surface area contributed by atoms with Gasteiger partial charge in [-0.15, -0.1) is 0 Å². The third-order valence-electron chi connectivity index (χ3n) is 4.30. The first kappa shape index (κ1) is 17.2.